The third kappa shape index (κ3) is 6.00. The first-order valence-electron chi connectivity index (χ1n) is 11.6. The van der Waals surface area contributed by atoms with Crippen molar-refractivity contribution < 1.29 is 27.9 Å². The molecule has 0 saturated carbocycles. The third-order valence-corrected chi connectivity index (χ3v) is 6.22. The Kier molecular flexibility index (Phi) is 8.43. The highest BCUT2D eigenvalue weighted by Crippen LogP contribution is 2.38. The number of rotatable bonds is 10. The molecule has 3 N–H and O–H groups in total. The summed E-state index contributed by atoms with van der Waals surface area (Å²) in [6, 6.07) is 8.88. The first-order valence-corrected chi connectivity index (χ1v) is 12.0. The topological polar surface area (TPSA) is 139 Å². The number of oxazole rings is 1. The first kappa shape index (κ1) is 27.6. The quantitative estimate of drug-likeness (QED) is 0.298. The molecule has 0 aliphatic rings. The number of pyridine rings is 1. The summed E-state index contributed by atoms with van der Waals surface area (Å²) in [5.41, 5.74) is 6.57. The Morgan fingerprint density at radius 2 is 1.95 bits per heavy atom. The highest BCUT2D eigenvalue weighted by molar-refractivity contribution is 6.31. The fourth-order valence-corrected chi connectivity index (χ4v) is 4.27. The maximum absolute atomic E-state index is 14.2. The SMILES string of the molecule is COCCC(C(=O)Nc1ccc(C(N)=O)c(F)c1)n1cc(OC)c(-c2cc(Cl)ccc2-c2cocn2)cc1=O. The van der Waals surface area contributed by atoms with Crippen LogP contribution in [0.2, 0.25) is 5.02 Å². The smallest absolute Gasteiger partial charge is 0.252 e. The van der Waals surface area contributed by atoms with Crippen molar-refractivity contribution in [3.63, 3.8) is 0 Å². The molecule has 1 atom stereocenters. The van der Waals surface area contributed by atoms with Crippen LogP contribution in [0.5, 0.6) is 5.75 Å². The minimum Gasteiger partial charge on any atom is -0.495 e. The fraction of sp³-hybridized carbons (Fsp3) is 0.185. The zero-order chi connectivity index (χ0) is 28.1. The summed E-state index contributed by atoms with van der Waals surface area (Å²) in [5.74, 6) is -2.15. The van der Waals surface area contributed by atoms with Crippen molar-refractivity contribution in [2.24, 2.45) is 5.73 Å². The van der Waals surface area contributed by atoms with Crippen LogP contribution in [-0.4, -0.2) is 42.2 Å². The number of hydrogen-bond donors (Lipinski definition) is 2. The van der Waals surface area contributed by atoms with Crippen LogP contribution >= 0.6 is 11.6 Å². The molecule has 2 heterocycles. The molecule has 0 spiro atoms. The molecule has 202 valence electrons. The molecule has 12 heteroatoms. The van der Waals surface area contributed by atoms with E-state index < -0.39 is 29.2 Å². The number of methoxy groups -OCH3 is 2. The number of halogens is 2. The van der Waals surface area contributed by atoms with Gasteiger partial charge in [0, 0.05) is 48.0 Å². The monoisotopic (exact) mass is 554 g/mol. The lowest BCUT2D eigenvalue weighted by atomic mass is 9.97. The fourth-order valence-electron chi connectivity index (χ4n) is 4.10. The van der Waals surface area contributed by atoms with Gasteiger partial charge < -0.3 is 24.9 Å². The summed E-state index contributed by atoms with van der Waals surface area (Å²) >= 11 is 6.27. The molecule has 10 nitrogen and oxygen atoms in total. The number of ether oxygens (including phenoxy) is 2. The number of nitrogens with zero attached hydrogens (tertiary/aromatic N) is 2. The van der Waals surface area contributed by atoms with Gasteiger partial charge in [-0.15, -0.1) is 0 Å². The molecule has 0 aliphatic heterocycles. The first-order chi connectivity index (χ1) is 18.7. The molecule has 0 bridgehead atoms. The number of nitrogens with two attached hydrogens (primary N) is 1. The van der Waals surface area contributed by atoms with Crippen LogP contribution in [0.4, 0.5) is 10.1 Å². The minimum absolute atomic E-state index is 0.0812. The van der Waals surface area contributed by atoms with Gasteiger partial charge in [0.15, 0.2) is 6.39 Å². The molecule has 2 aromatic heterocycles. The number of nitrogens with one attached hydrogen (secondary N) is 1. The number of aromatic nitrogens is 2. The van der Waals surface area contributed by atoms with Crippen molar-refractivity contribution in [2.75, 3.05) is 26.1 Å². The van der Waals surface area contributed by atoms with Gasteiger partial charge in [-0.1, -0.05) is 17.7 Å². The molecule has 1 unspecified atom stereocenters. The Balaban J connectivity index is 1.75. The number of amides is 2. The Morgan fingerprint density at radius 1 is 1.15 bits per heavy atom. The summed E-state index contributed by atoms with van der Waals surface area (Å²) in [4.78, 5) is 42.2. The molecule has 39 heavy (non-hydrogen) atoms. The number of primary amides is 1. The second kappa shape index (κ2) is 11.9. The molecule has 2 amide bonds. The van der Waals surface area contributed by atoms with Crippen molar-refractivity contribution in [1.82, 2.24) is 9.55 Å². The highest BCUT2D eigenvalue weighted by Gasteiger charge is 2.25. The largest absolute Gasteiger partial charge is 0.495 e. The van der Waals surface area contributed by atoms with E-state index in [-0.39, 0.29) is 30.0 Å². The second-order valence-electron chi connectivity index (χ2n) is 8.41. The van der Waals surface area contributed by atoms with Gasteiger partial charge >= 0.3 is 0 Å². The van der Waals surface area contributed by atoms with E-state index in [1.165, 1.54) is 55.8 Å². The van der Waals surface area contributed by atoms with Crippen molar-refractivity contribution in [3.05, 3.63) is 88.1 Å². The molecule has 0 aliphatic carbocycles. The predicted octanol–water partition coefficient (Wildman–Crippen LogP) is 4.29. The molecule has 0 fully saturated rings. The molecule has 0 saturated heterocycles. The Labute approximate surface area is 227 Å². The lowest BCUT2D eigenvalue weighted by Gasteiger charge is -2.21. The second-order valence-corrected chi connectivity index (χ2v) is 8.85. The molecule has 4 rings (SSSR count). The van der Waals surface area contributed by atoms with Crippen LogP contribution < -0.4 is 21.3 Å². The van der Waals surface area contributed by atoms with E-state index in [9.17, 15) is 18.8 Å². The lowest BCUT2D eigenvalue weighted by molar-refractivity contribution is -0.119. The van der Waals surface area contributed by atoms with Crippen molar-refractivity contribution >= 4 is 29.1 Å². The molecule has 0 radical (unpaired) electrons. The van der Waals surface area contributed by atoms with E-state index in [1.54, 1.807) is 18.2 Å². The van der Waals surface area contributed by atoms with Gasteiger partial charge in [0.05, 0.1) is 18.9 Å². The van der Waals surface area contributed by atoms with Crippen LogP contribution in [0.3, 0.4) is 0 Å². The van der Waals surface area contributed by atoms with Gasteiger partial charge in [0.1, 0.15) is 29.6 Å². The van der Waals surface area contributed by atoms with Gasteiger partial charge in [-0.3, -0.25) is 19.0 Å². The van der Waals surface area contributed by atoms with E-state index in [0.717, 1.165) is 6.07 Å². The molecule has 4 aromatic rings. The van der Waals surface area contributed by atoms with Crippen LogP contribution in [0.15, 0.2) is 70.5 Å². The Morgan fingerprint density at radius 3 is 2.59 bits per heavy atom. The van der Waals surface area contributed by atoms with E-state index in [4.69, 9.17) is 31.2 Å². The minimum atomic E-state index is -1.05. The highest BCUT2D eigenvalue weighted by atomic mass is 35.5. The van der Waals surface area contributed by atoms with E-state index in [1.807, 2.05) is 0 Å². The average Bonchev–Trinajstić information content (AvgIpc) is 3.44. The van der Waals surface area contributed by atoms with Gasteiger partial charge in [-0.2, -0.15) is 0 Å². The van der Waals surface area contributed by atoms with Crippen LogP contribution in [0.1, 0.15) is 22.8 Å². The van der Waals surface area contributed by atoms with Gasteiger partial charge in [-0.25, -0.2) is 9.37 Å². The van der Waals surface area contributed by atoms with Crippen LogP contribution in [-0.2, 0) is 9.53 Å². The summed E-state index contributed by atoms with van der Waals surface area (Å²) in [5, 5.41) is 3.01. The average molecular weight is 555 g/mol. The summed E-state index contributed by atoms with van der Waals surface area (Å²) < 4.78 is 31.3. The number of carbonyl (C=O) groups is 2. The van der Waals surface area contributed by atoms with Crippen molar-refractivity contribution in [1.29, 1.82) is 0 Å². The van der Waals surface area contributed by atoms with Crippen LogP contribution in [0.25, 0.3) is 22.4 Å². The summed E-state index contributed by atoms with van der Waals surface area (Å²) in [6.07, 6.45) is 4.29. The molecular weight excluding hydrogens is 531 g/mol. The number of benzene rings is 2. The van der Waals surface area contributed by atoms with Gasteiger partial charge in [-0.05, 0) is 35.9 Å². The standard InChI is InChI=1S/C27H24ClFN4O6/c1-37-8-7-23(27(36)32-16-4-6-18(26(30)35)21(29)10-16)33-12-24(38-2)20(11-25(33)34)19-9-15(28)3-5-17(19)22-13-39-14-31-22/h3-6,9-14,23H,7-8H2,1-2H3,(H2,30,35)(H,32,36). The maximum atomic E-state index is 14.2. The third-order valence-electron chi connectivity index (χ3n) is 5.98. The molecular formula is C27H24ClFN4O6. The normalized spacial score (nSPS) is 11.7. The zero-order valence-corrected chi connectivity index (χ0v) is 21.7. The van der Waals surface area contributed by atoms with E-state index >= 15 is 0 Å². The van der Waals surface area contributed by atoms with Crippen molar-refractivity contribution in [3.8, 4) is 28.1 Å². The van der Waals surface area contributed by atoms with E-state index in [2.05, 4.69) is 10.3 Å². The lowest BCUT2D eigenvalue weighted by Crippen LogP contribution is -2.34. The number of hydrogen-bond acceptors (Lipinski definition) is 7. The Bertz CT molecular complexity index is 1570. The van der Waals surface area contributed by atoms with Gasteiger partial charge in [0.2, 0.25) is 5.91 Å². The summed E-state index contributed by atoms with van der Waals surface area (Å²) in [7, 11) is 2.89. The van der Waals surface area contributed by atoms with E-state index in [0.29, 0.717) is 27.4 Å². The van der Waals surface area contributed by atoms with Crippen molar-refractivity contribution in [2.45, 2.75) is 12.5 Å². The van der Waals surface area contributed by atoms with Crippen LogP contribution in [0, 0.1) is 5.82 Å². The predicted molar refractivity (Wildman–Crippen MR) is 142 cm³/mol. The van der Waals surface area contributed by atoms with Gasteiger partial charge in [0.25, 0.3) is 11.5 Å². The zero-order valence-electron chi connectivity index (χ0n) is 20.9. The Hall–Kier alpha value is -4.48. The number of anilines is 1. The summed E-state index contributed by atoms with van der Waals surface area (Å²) in [6.45, 7) is 0.147. The maximum Gasteiger partial charge on any atom is 0.252 e. The number of carbonyl (C=O) groups excluding carboxylic acids is 2. The molecule has 2 aromatic carbocycles.